The lowest BCUT2D eigenvalue weighted by Crippen LogP contribution is -2.51. The highest BCUT2D eigenvalue weighted by atomic mass is 16.3. The molecule has 4 aliphatic rings. The maximum absolute atomic E-state index is 12.3. The molecule has 1 N–H and O–H groups in total. The van der Waals surface area contributed by atoms with Crippen LogP contribution in [0.25, 0.3) is 0 Å². The summed E-state index contributed by atoms with van der Waals surface area (Å²) in [6, 6.07) is 0. The minimum Gasteiger partial charge on any atom is -0.389 e. The van der Waals surface area contributed by atoms with Gasteiger partial charge in [-0.05, 0) is 79.6 Å². The van der Waals surface area contributed by atoms with Gasteiger partial charge in [-0.15, -0.1) is 0 Å². The van der Waals surface area contributed by atoms with Crippen molar-refractivity contribution >= 4 is 11.6 Å². The number of rotatable bonds is 2. The Balaban J connectivity index is 1.65. The highest BCUT2D eigenvalue weighted by Gasteiger charge is 2.59. The van der Waals surface area contributed by atoms with Crippen LogP contribution in [0.2, 0.25) is 0 Å². The fraction of sp³-hybridized carbons (Fsp3) is 0.810. The van der Waals surface area contributed by atoms with Crippen LogP contribution >= 0.6 is 0 Å². The summed E-state index contributed by atoms with van der Waals surface area (Å²) in [5.74, 6) is 2.42. The van der Waals surface area contributed by atoms with E-state index in [1.807, 2.05) is 6.08 Å². The molecular formula is C21H30O3. The zero-order valence-corrected chi connectivity index (χ0v) is 15.0. The number of aliphatic hydroxyl groups is 1. The Morgan fingerprint density at radius 2 is 1.92 bits per heavy atom. The van der Waals surface area contributed by atoms with Crippen molar-refractivity contribution in [3.8, 4) is 0 Å². The molecule has 3 nitrogen and oxygen atoms in total. The SMILES string of the molecule is C[C@]12CCC(=O)C=C1CC[C@H]1[C@@H]2CC[C@]2(C)C(C(=O)CO)CC[C@@H]12. The zero-order valence-electron chi connectivity index (χ0n) is 15.0. The third-order valence-corrected chi connectivity index (χ3v) is 8.51. The second-order valence-electron chi connectivity index (χ2n) is 9.27. The molecule has 0 aliphatic heterocycles. The van der Waals surface area contributed by atoms with Crippen molar-refractivity contribution < 1.29 is 14.7 Å². The Bertz CT molecular complexity index is 606. The predicted molar refractivity (Wildman–Crippen MR) is 92.3 cm³/mol. The molecule has 0 saturated heterocycles. The average molecular weight is 330 g/mol. The Kier molecular flexibility index (Phi) is 3.80. The fourth-order valence-corrected chi connectivity index (χ4v) is 7.20. The summed E-state index contributed by atoms with van der Waals surface area (Å²) in [4.78, 5) is 24.1. The van der Waals surface area contributed by atoms with Gasteiger partial charge in [-0.25, -0.2) is 0 Å². The van der Waals surface area contributed by atoms with Crippen LogP contribution in [0.5, 0.6) is 0 Å². The van der Waals surface area contributed by atoms with Gasteiger partial charge in [-0.2, -0.15) is 0 Å². The summed E-state index contributed by atoms with van der Waals surface area (Å²) in [6.45, 7) is 4.42. The first-order valence-corrected chi connectivity index (χ1v) is 9.77. The van der Waals surface area contributed by atoms with Crippen LogP contribution < -0.4 is 0 Å². The molecule has 1 unspecified atom stereocenters. The number of carbonyl (C=O) groups is 2. The molecule has 3 heteroatoms. The monoisotopic (exact) mass is 330 g/mol. The number of fused-ring (bicyclic) bond motifs is 5. The first-order chi connectivity index (χ1) is 11.4. The molecular weight excluding hydrogens is 300 g/mol. The van der Waals surface area contributed by atoms with Gasteiger partial charge >= 0.3 is 0 Å². The third-order valence-electron chi connectivity index (χ3n) is 8.51. The van der Waals surface area contributed by atoms with Crippen molar-refractivity contribution in [3.05, 3.63) is 11.6 Å². The molecule has 0 aromatic carbocycles. The maximum atomic E-state index is 12.3. The molecule has 0 radical (unpaired) electrons. The molecule has 0 bridgehead atoms. The topological polar surface area (TPSA) is 54.4 Å². The molecule has 132 valence electrons. The lowest BCUT2D eigenvalue weighted by Gasteiger charge is -2.58. The van der Waals surface area contributed by atoms with E-state index in [2.05, 4.69) is 13.8 Å². The first kappa shape index (κ1) is 16.5. The predicted octanol–water partition coefficient (Wildman–Crippen LogP) is 3.70. The summed E-state index contributed by atoms with van der Waals surface area (Å²) in [6.07, 6.45) is 10.3. The first-order valence-electron chi connectivity index (χ1n) is 9.77. The van der Waals surface area contributed by atoms with Gasteiger partial charge in [0.25, 0.3) is 0 Å². The van der Waals surface area contributed by atoms with Crippen LogP contribution in [0, 0.1) is 34.5 Å². The van der Waals surface area contributed by atoms with E-state index in [-0.39, 0.29) is 29.1 Å². The van der Waals surface area contributed by atoms with E-state index in [0.29, 0.717) is 30.0 Å². The van der Waals surface area contributed by atoms with Gasteiger partial charge in [0, 0.05) is 12.3 Å². The summed E-state index contributed by atoms with van der Waals surface area (Å²) in [7, 11) is 0. The average Bonchev–Trinajstić information content (AvgIpc) is 2.92. The van der Waals surface area contributed by atoms with Crippen molar-refractivity contribution in [1.82, 2.24) is 0 Å². The van der Waals surface area contributed by atoms with E-state index in [1.165, 1.54) is 18.4 Å². The van der Waals surface area contributed by atoms with Crippen molar-refractivity contribution in [2.45, 2.75) is 65.2 Å². The van der Waals surface area contributed by atoms with Crippen LogP contribution in [0.3, 0.4) is 0 Å². The molecule has 3 fully saturated rings. The highest BCUT2D eigenvalue weighted by molar-refractivity contribution is 5.91. The van der Waals surface area contributed by atoms with Gasteiger partial charge in [0.15, 0.2) is 11.6 Å². The molecule has 3 saturated carbocycles. The van der Waals surface area contributed by atoms with Crippen molar-refractivity contribution in [1.29, 1.82) is 0 Å². The fourth-order valence-electron chi connectivity index (χ4n) is 7.20. The highest BCUT2D eigenvalue weighted by Crippen LogP contribution is 2.66. The number of carbonyl (C=O) groups excluding carboxylic acids is 2. The van der Waals surface area contributed by atoms with Crippen LogP contribution in [0.4, 0.5) is 0 Å². The molecule has 0 aromatic rings. The van der Waals surface area contributed by atoms with E-state index < -0.39 is 0 Å². The second-order valence-corrected chi connectivity index (χ2v) is 9.27. The van der Waals surface area contributed by atoms with E-state index in [1.54, 1.807) is 0 Å². The lowest BCUT2D eigenvalue weighted by molar-refractivity contribution is -0.133. The van der Waals surface area contributed by atoms with E-state index in [0.717, 1.165) is 32.1 Å². The van der Waals surface area contributed by atoms with Crippen molar-refractivity contribution in [2.75, 3.05) is 6.61 Å². The van der Waals surface area contributed by atoms with E-state index in [4.69, 9.17) is 0 Å². The summed E-state index contributed by atoms with van der Waals surface area (Å²) in [5, 5.41) is 9.36. The summed E-state index contributed by atoms with van der Waals surface area (Å²) in [5.41, 5.74) is 1.70. The number of allylic oxidation sites excluding steroid dienone is 1. The Morgan fingerprint density at radius 1 is 1.12 bits per heavy atom. The number of Topliss-reactive ketones (excluding diaryl/α,β-unsaturated/α-hetero) is 1. The maximum Gasteiger partial charge on any atom is 0.161 e. The molecule has 0 heterocycles. The third kappa shape index (κ3) is 2.13. The quantitative estimate of drug-likeness (QED) is 0.840. The molecule has 4 aliphatic carbocycles. The largest absolute Gasteiger partial charge is 0.389 e. The van der Waals surface area contributed by atoms with Gasteiger partial charge < -0.3 is 5.11 Å². The van der Waals surface area contributed by atoms with E-state index in [9.17, 15) is 14.7 Å². The molecule has 4 rings (SSSR count). The van der Waals surface area contributed by atoms with E-state index >= 15 is 0 Å². The minimum absolute atomic E-state index is 0.0596. The number of aliphatic hydroxyl groups excluding tert-OH is 1. The lowest BCUT2D eigenvalue weighted by atomic mass is 9.46. The van der Waals surface area contributed by atoms with Crippen LogP contribution in [-0.4, -0.2) is 23.3 Å². The molecule has 0 aromatic heterocycles. The zero-order chi connectivity index (χ0) is 17.1. The molecule has 24 heavy (non-hydrogen) atoms. The van der Waals surface area contributed by atoms with Crippen LogP contribution in [0.1, 0.15) is 65.2 Å². The number of ketones is 2. The van der Waals surface area contributed by atoms with Gasteiger partial charge in [-0.3, -0.25) is 9.59 Å². The van der Waals surface area contributed by atoms with Crippen molar-refractivity contribution in [3.63, 3.8) is 0 Å². The summed E-state index contributed by atoms with van der Waals surface area (Å²) < 4.78 is 0. The minimum atomic E-state index is -0.298. The van der Waals surface area contributed by atoms with Gasteiger partial charge in [-0.1, -0.05) is 19.4 Å². The second kappa shape index (κ2) is 5.52. The van der Waals surface area contributed by atoms with Gasteiger partial charge in [0.1, 0.15) is 6.61 Å². The normalized spacial score (nSPS) is 47.5. The van der Waals surface area contributed by atoms with Gasteiger partial charge in [0.2, 0.25) is 0 Å². The molecule has 0 spiro atoms. The number of hydrogen-bond acceptors (Lipinski definition) is 3. The molecule has 0 amide bonds. The smallest absolute Gasteiger partial charge is 0.161 e. The molecule has 6 atom stereocenters. The Labute approximate surface area is 144 Å². The summed E-state index contributed by atoms with van der Waals surface area (Å²) >= 11 is 0. The Hall–Kier alpha value is -0.960. The van der Waals surface area contributed by atoms with Gasteiger partial charge in [0.05, 0.1) is 0 Å². The standard InChI is InChI=1S/C21H30O3/c1-20-9-7-14(23)11-13(20)3-4-15-16-5-6-18(19(24)12-22)21(16,2)10-8-17(15)20/h11,15-18,22H,3-10,12H2,1-2H3/t15-,16+,17+,18?,20+,21+/m1/s1. The van der Waals surface area contributed by atoms with Crippen LogP contribution in [0.15, 0.2) is 11.6 Å². The van der Waals surface area contributed by atoms with Crippen molar-refractivity contribution in [2.24, 2.45) is 34.5 Å². The Morgan fingerprint density at radius 3 is 2.67 bits per heavy atom. The number of hydrogen-bond donors (Lipinski definition) is 1. The van der Waals surface area contributed by atoms with Crippen LogP contribution in [-0.2, 0) is 9.59 Å².